The van der Waals surface area contributed by atoms with Crippen molar-refractivity contribution in [1.82, 2.24) is 23.3 Å². The molecule has 5 nitrogen and oxygen atoms in total. The van der Waals surface area contributed by atoms with Gasteiger partial charge >= 0.3 is 0 Å². The molecule has 5 heteroatoms. The summed E-state index contributed by atoms with van der Waals surface area (Å²) >= 11 is 0. The summed E-state index contributed by atoms with van der Waals surface area (Å²) < 4.78 is 9.78. The predicted molar refractivity (Wildman–Crippen MR) is 420 cm³/mol. The van der Waals surface area contributed by atoms with E-state index < -0.39 is 0 Å². The van der Waals surface area contributed by atoms with Crippen LogP contribution in [0.15, 0.2) is 370 Å². The lowest BCUT2D eigenvalue weighted by molar-refractivity contribution is 1.13. The SMILES string of the molecule is c1ccc(-c2cc(-c3cc(-c4ccc(-c5cc(-n6c7ccccc7c7ccccc76)cc(-n6c7ccccc7c7ccccc76)c5)cc4)cc(-c4ccc(-c5cc(-n6c7ccccc7c7ccccc76)cc(-n6c7ccccc7c7ccccc76)c5)cc4)c3)cc(-c3ccccc3)n2)cc1. The van der Waals surface area contributed by atoms with Gasteiger partial charge in [0.15, 0.2) is 0 Å². The standard InChI is InChI=1S/C95H61N5/c1-3-23-66(24-4-1)86-58-73(59-87(96-86)67-25-5-2-6-26-67)70-52-68(62-43-47-64(48-44-62)71-54-74(97-88-35-15-7-27-78(88)79-28-8-16-36-89(79)97)60-75(55-71)98-90-37-17-9-29-80(90)81-30-10-18-38-91(81)98)51-69(53-70)63-45-49-65(50-46-63)72-56-76(99-92-39-19-11-31-82(92)83-32-12-20-40-93(83)99)61-77(57-72)100-94-41-21-13-33-84(94)85-34-14-22-42-95(85)100/h1-61H. The van der Waals surface area contributed by atoms with E-state index in [1.807, 2.05) is 0 Å². The number of rotatable bonds is 11. The van der Waals surface area contributed by atoms with Crippen molar-refractivity contribution < 1.29 is 0 Å². The van der Waals surface area contributed by atoms with E-state index in [0.29, 0.717) is 0 Å². The molecule has 0 saturated carbocycles. The van der Waals surface area contributed by atoms with Crippen LogP contribution in [-0.4, -0.2) is 23.3 Å². The van der Waals surface area contributed by atoms with Crippen LogP contribution < -0.4 is 0 Å². The van der Waals surface area contributed by atoms with Gasteiger partial charge in [-0.1, -0.05) is 255 Å². The minimum Gasteiger partial charge on any atom is -0.309 e. The van der Waals surface area contributed by atoms with Gasteiger partial charge < -0.3 is 18.3 Å². The summed E-state index contributed by atoms with van der Waals surface area (Å²) in [5.74, 6) is 0. The molecular weight excluding hydrogens is 1210 g/mol. The Morgan fingerprint density at radius 1 is 0.140 bits per heavy atom. The maximum atomic E-state index is 5.34. The van der Waals surface area contributed by atoms with Crippen molar-refractivity contribution >= 4 is 87.2 Å². The minimum absolute atomic E-state index is 0.921. The van der Waals surface area contributed by atoms with Gasteiger partial charge in [-0.3, -0.25) is 0 Å². The maximum absolute atomic E-state index is 5.34. The second-order valence-corrected chi connectivity index (χ2v) is 26.3. The van der Waals surface area contributed by atoms with Gasteiger partial charge in [-0.15, -0.1) is 0 Å². The molecule has 5 heterocycles. The number of nitrogens with zero attached hydrogens (tertiary/aromatic N) is 5. The zero-order chi connectivity index (χ0) is 65.8. The quantitative estimate of drug-likeness (QED) is 0.127. The first-order valence-electron chi connectivity index (χ1n) is 34.3. The second kappa shape index (κ2) is 23.2. The molecule has 20 rings (SSSR count). The number of para-hydroxylation sites is 8. The first-order chi connectivity index (χ1) is 49.6. The highest BCUT2D eigenvalue weighted by Gasteiger charge is 2.22. The van der Waals surface area contributed by atoms with Crippen molar-refractivity contribution in [2.75, 3.05) is 0 Å². The molecule has 0 fully saturated rings. The molecule has 100 heavy (non-hydrogen) atoms. The van der Waals surface area contributed by atoms with Gasteiger partial charge in [-0.25, -0.2) is 4.98 Å². The first kappa shape index (κ1) is 56.9. The Bertz CT molecular complexity index is 5750. The Balaban J connectivity index is 0.753. The van der Waals surface area contributed by atoms with Crippen LogP contribution in [0.25, 0.3) is 188 Å². The van der Waals surface area contributed by atoms with Crippen LogP contribution in [0.2, 0.25) is 0 Å². The van der Waals surface area contributed by atoms with E-state index in [-0.39, 0.29) is 0 Å². The number of pyridine rings is 1. The molecule has 0 saturated heterocycles. The smallest absolute Gasteiger partial charge is 0.0715 e. The molecule has 20 aromatic rings. The molecule has 0 aliphatic carbocycles. The molecular formula is C95H61N5. The second-order valence-electron chi connectivity index (χ2n) is 26.3. The van der Waals surface area contributed by atoms with E-state index in [0.717, 1.165) is 101 Å². The lowest BCUT2D eigenvalue weighted by atomic mass is 9.91. The summed E-state index contributed by atoms with van der Waals surface area (Å²) in [6.07, 6.45) is 0. The third-order valence-corrected chi connectivity index (χ3v) is 20.5. The third kappa shape index (κ3) is 9.43. The van der Waals surface area contributed by atoms with Crippen molar-refractivity contribution in [1.29, 1.82) is 0 Å². The van der Waals surface area contributed by atoms with Crippen LogP contribution in [0.3, 0.4) is 0 Å². The van der Waals surface area contributed by atoms with Crippen LogP contribution in [0.5, 0.6) is 0 Å². The van der Waals surface area contributed by atoms with Gasteiger partial charge in [0.05, 0.1) is 55.5 Å². The van der Waals surface area contributed by atoms with Gasteiger partial charge in [0.1, 0.15) is 0 Å². The van der Waals surface area contributed by atoms with Crippen molar-refractivity contribution in [2.24, 2.45) is 0 Å². The van der Waals surface area contributed by atoms with Crippen molar-refractivity contribution in [3.63, 3.8) is 0 Å². The molecule has 0 N–H and O–H groups in total. The van der Waals surface area contributed by atoms with Crippen LogP contribution >= 0.6 is 0 Å². The zero-order valence-electron chi connectivity index (χ0n) is 54.5. The summed E-state index contributed by atoms with van der Waals surface area (Å²) in [5.41, 5.74) is 28.9. The van der Waals surface area contributed by atoms with E-state index >= 15 is 0 Å². The largest absolute Gasteiger partial charge is 0.309 e. The molecule has 5 aromatic heterocycles. The predicted octanol–water partition coefficient (Wildman–Crippen LogP) is 25.1. The van der Waals surface area contributed by atoms with Gasteiger partial charge in [0.25, 0.3) is 0 Å². The molecule has 0 bridgehead atoms. The summed E-state index contributed by atoms with van der Waals surface area (Å²) in [4.78, 5) is 5.34. The highest BCUT2D eigenvalue weighted by molar-refractivity contribution is 6.13. The fraction of sp³-hybridized carbons (Fsp3) is 0. The molecule has 15 aromatic carbocycles. The molecule has 0 radical (unpaired) electrons. The lowest BCUT2D eigenvalue weighted by Crippen LogP contribution is -2.00. The summed E-state index contributed by atoms with van der Waals surface area (Å²) in [7, 11) is 0. The van der Waals surface area contributed by atoms with E-state index in [4.69, 9.17) is 4.98 Å². The van der Waals surface area contributed by atoms with Crippen molar-refractivity contribution in [2.45, 2.75) is 0 Å². The van der Waals surface area contributed by atoms with Crippen LogP contribution in [0.4, 0.5) is 0 Å². The van der Waals surface area contributed by atoms with Gasteiger partial charge in [0.2, 0.25) is 0 Å². The van der Waals surface area contributed by atoms with Crippen LogP contribution in [-0.2, 0) is 0 Å². The first-order valence-corrected chi connectivity index (χ1v) is 34.3. The monoisotopic (exact) mass is 1270 g/mol. The molecule has 0 aliphatic heterocycles. The van der Waals surface area contributed by atoms with E-state index in [2.05, 4.69) is 388 Å². The molecule has 0 atom stereocenters. The Morgan fingerprint density at radius 2 is 0.330 bits per heavy atom. The number of fused-ring (bicyclic) bond motifs is 12. The number of aromatic nitrogens is 5. The van der Waals surface area contributed by atoms with Crippen LogP contribution in [0, 0.1) is 0 Å². The summed E-state index contributed by atoms with van der Waals surface area (Å²) in [6.45, 7) is 0. The normalized spacial score (nSPS) is 11.8. The van der Waals surface area contributed by atoms with E-state index in [1.54, 1.807) is 0 Å². The van der Waals surface area contributed by atoms with Crippen molar-refractivity contribution in [3.05, 3.63) is 370 Å². The Hall–Kier alpha value is -13.4. The lowest BCUT2D eigenvalue weighted by Gasteiger charge is -2.17. The van der Waals surface area contributed by atoms with Gasteiger partial charge in [0, 0.05) is 77.0 Å². The third-order valence-electron chi connectivity index (χ3n) is 20.5. The Morgan fingerprint density at radius 3 is 0.570 bits per heavy atom. The average Bonchev–Trinajstić information content (AvgIpc) is 1.59. The molecule has 0 spiro atoms. The topological polar surface area (TPSA) is 32.6 Å². The maximum Gasteiger partial charge on any atom is 0.0715 e. The Labute approximate surface area is 577 Å². The molecule has 0 amide bonds. The fourth-order valence-electron chi connectivity index (χ4n) is 15.9. The van der Waals surface area contributed by atoms with E-state index in [1.165, 1.54) is 87.2 Å². The van der Waals surface area contributed by atoms with Crippen molar-refractivity contribution in [3.8, 4) is 101 Å². The average molecular weight is 1270 g/mol. The van der Waals surface area contributed by atoms with Gasteiger partial charge in [-0.2, -0.15) is 0 Å². The molecule has 0 aliphatic rings. The Kier molecular flexibility index (Phi) is 13.2. The summed E-state index contributed by atoms with van der Waals surface area (Å²) in [5, 5.41) is 9.85. The van der Waals surface area contributed by atoms with E-state index in [9.17, 15) is 0 Å². The highest BCUT2D eigenvalue weighted by Crippen LogP contribution is 2.43. The highest BCUT2D eigenvalue weighted by atomic mass is 15.0. The number of hydrogen-bond acceptors (Lipinski definition) is 1. The molecule has 466 valence electrons. The number of benzene rings is 15. The van der Waals surface area contributed by atoms with Crippen LogP contribution in [0.1, 0.15) is 0 Å². The zero-order valence-corrected chi connectivity index (χ0v) is 54.5. The minimum atomic E-state index is 0.921. The molecule has 0 unspecified atom stereocenters. The van der Waals surface area contributed by atoms with Gasteiger partial charge in [-0.05, 0) is 171 Å². The fourth-order valence-corrected chi connectivity index (χ4v) is 15.9. The summed E-state index contributed by atoms with van der Waals surface area (Å²) in [6, 6.07) is 136. The number of hydrogen-bond donors (Lipinski definition) is 0.